The lowest BCUT2D eigenvalue weighted by molar-refractivity contribution is 0.0748. The van der Waals surface area contributed by atoms with E-state index in [1.165, 1.54) is 6.07 Å². The first-order chi connectivity index (χ1) is 15.4. The summed E-state index contributed by atoms with van der Waals surface area (Å²) in [6, 6.07) is 8.77. The second kappa shape index (κ2) is 9.00. The number of ketones is 1. The predicted molar refractivity (Wildman–Crippen MR) is 119 cm³/mol. The number of aromatic nitrogens is 2. The number of hydrogen-bond donors (Lipinski definition) is 2. The third-order valence-electron chi connectivity index (χ3n) is 5.51. The highest BCUT2D eigenvalue weighted by molar-refractivity contribution is 6.09. The molecule has 8 heteroatoms. The van der Waals surface area contributed by atoms with Crippen LogP contribution in [-0.4, -0.2) is 52.2 Å². The number of phenolic OH excluding ortho intramolecular Hbond substituents is 1. The van der Waals surface area contributed by atoms with E-state index in [4.69, 9.17) is 9.47 Å². The van der Waals surface area contributed by atoms with Crippen molar-refractivity contribution in [1.82, 2.24) is 15.1 Å². The number of H-pyrrole nitrogens is 1. The van der Waals surface area contributed by atoms with Gasteiger partial charge >= 0.3 is 0 Å². The van der Waals surface area contributed by atoms with Gasteiger partial charge in [0.25, 0.3) is 5.91 Å². The number of Topliss-reactive ketones (excluding diaryl/α,β-unsaturated/α-hetero) is 1. The van der Waals surface area contributed by atoms with Crippen LogP contribution < -0.4 is 4.74 Å². The molecule has 3 aromatic rings. The van der Waals surface area contributed by atoms with Gasteiger partial charge in [0, 0.05) is 38.1 Å². The molecule has 1 aliphatic heterocycles. The van der Waals surface area contributed by atoms with E-state index in [2.05, 4.69) is 10.2 Å². The fourth-order valence-electron chi connectivity index (χ4n) is 3.92. The minimum absolute atomic E-state index is 0.0927. The predicted octanol–water partition coefficient (Wildman–Crippen LogP) is 3.68. The molecule has 0 radical (unpaired) electrons. The van der Waals surface area contributed by atoms with Gasteiger partial charge in [-0.1, -0.05) is 19.9 Å². The van der Waals surface area contributed by atoms with E-state index >= 15 is 0 Å². The van der Waals surface area contributed by atoms with Crippen molar-refractivity contribution in [1.29, 1.82) is 0 Å². The lowest BCUT2D eigenvalue weighted by Crippen LogP contribution is -2.25. The molecule has 1 aromatic heterocycles. The number of nitrogens with zero attached hydrogens (tertiary/aromatic N) is 2. The number of carbonyl (C=O) groups is 2. The van der Waals surface area contributed by atoms with E-state index in [1.807, 2.05) is 32.0 Å². The first-order valence-corrected chi connectivity index (χ1v) is 10.6. The fraction of sp³-hybridized carbons (Fsp3) is 0.375. The lowest BCUT2D eigenvalue weighted by atomic mass is 10.0. The molecule has 0 bridgehead atoms. The molecule has 0 saturated carbocycles. The number of ether oxygens (including phenoxy) is 2. The van der Waals surface area contributed by atoms with Gasteiger partial charge in [0.05, 0.1) is 17.7 Å². The minimum atomic E-state index is -0.300. The van der Waals surface area contributed by atoms with Gasteiger partial charge in [0.15, 0.2) is 5.78 Å². The van der Waals surface area contributed by atoms with Crippen molar-refractivity contribution in [3.63, 3.8) is 0 Å². The van der Waals surface area contributed by atoms with Crippen LogP contribution >= 0.6 is 0 Å². The third-order valence-corrected chi connectivity index (χ3v) is 5.51. The Morgan fingerprint density at radius 3 is 2.69 bits per heavy atom. The average Bonchev–Trinajstić information content (AvgIpc) is 3.35. The number of aromatic amines is 1. The van der Waals surface area contributed by atoms with Crippen molar-refractivity contribution in [2.24, 2.45) is 5.92 Å². The van der Waals surface area contributed by atoms with Gasteiger partial charge in [-0.15, -0.1) is 0 Å². The Kier molecular flexibility index (Phi) is 6.14. The number of carbonyl (C=O) groups excluding carboxylic acids is 2. The zero-order chi connectivity index (χ0) is 22.8. The number of fused-ring (bicyclic) bond motifs is 2. The number of rotatable bonds is 8. The summed E-state index contributed by atoms with van der Waals surface area (Å²) >= 11 is 0. The quantitative estimate of drug-likeness (QED) is 0.411. The summed E-state index contributed by atoms with van der Waals surface area (Å²) in [5.41, 5.74) is 3.01. The van der Waals surface area contributed by atoms with Crippen LogP contribution in [-0.2, 0) is 17.8 Å². The van der Waals surface area contributed by atoms with Crippen molar-refractivity contribution >= 4 is 22.6 Å². The maximum absolute atomic E-state index is 13.3. The van der Waals surface area contributed by atoms with Crippen molar-refractivity contribution in [3.05, 3.63) is 52.7 Å². The van der Waals surface area contributed by atoms with Gasteiger partial charge in [-0.2, -0.15) is 5.10 Å². The van der Waals surface area contributed by atoms with Gasteiger partial charge in [0.2, 0.25) is 0 Å². The summed E-state index contributed by atoms with van der Waals surface area (Å²) in [5.74, 6) is 0.384. The van der Waals surface area contributed by atoms with E-state index in [1.54, 1.807) is 18.1 Å². The highest BCUT2D eigenvalue weighted by Gasteiger charge is 2.28. The zero-order valence-electron chi connectivity index (χ0n) is 18.5. The molecule has 2 N–H and O–H groups in total. The van der Waals surface area contributed by atoms with Gasteiger partial charge in [-0.25, -0.2) is 0 Å². The summed E-state index contributed by atoms with van der Waals surface area (Å²) in [7, 11) is 1.62. The molecule has 32 heavy (non-hydrogen) atoms. The Hall–Kier alpha value is -3.39. The number of phenols is 1. The molecule has 0 atom stereocenters. The molecule has 1 aliphatic rings. The van der Waals surface area contributed by atoms with Crippen LogP contribution in [0.15, 0.2) is 30.3 Å². The Labute approximate surface area is 186 Å². The van der Waals surface area contributed by atoms with Gasteiger partial charge in [-0.05, 0) is 35.2 Å². The van der Waals surface area contributed by atoms with Gasteiger partial charge in [0.1, 0.15) is 23.8 Å². The van der Waals surface area contributed by atoms with Crippen molar-refractivity contribution in [2.45, 2.75) is 33.4 Å². The van der Waals surface area contributed by atoms with Crippen LogP contribution in [0.2, 0.25) is 0 Å². The Balaban J connectivity index is 1.56. The second-order valence-electron chi connectivity index (χ2n) is 8.44. The number of benzene rings is 2. The smallest absolute Gasteiger partial charge is 0.258 e. The van der Waals surface area contributed by atoms with E-state index in [0.717, 1.165) is 16.9 Å². The molecule has 168 valence electrons. The van der Waals surface area contributed by atoms with E-state index < -0.39 is 0 Å². The third kappa shape index (κ3) is 4.31. The first-order valence-electron chi connectivity index (χ1n) is 10.6. The molecule has 0 aliphatic carbocycles. The lowest BCUT2D eigenvalue weighted by Gasteiger charge is -2.16. The van der Waals surface area contributed by atoms with Gasteiger partial charge < -0.3 is 19.5 Å². The minimum Gasteiger partial charge on any atom is -0.507 e. The molecule has 4 rings (SSSR count). The first kappa shape index (κ1) is 21.8. The Morgan fingerprint density at radius 1 is 1.16 bits per heavy atom. The van der Waals surface area contributed by atoms with Crippen LogP contribution in [0.1, 0.15) is 52.2 Å². The number of methoxy groups -OCH3 is 1. The zero-order valence-corrected chi connectivity index (χ0v) is 18.5. The van der Waals surface area contributed by atoms with Crippen molar-refractivity contribution in [2.75, 3.05) is 20.3 Å². The highest BCUT2D eigenvalue weighted by Crippen LogP contribution is 2.32. The molecule has 0 saturated heterocycles. The van der Waals surface area contributed by atoms with E-state index in [0.29, 0.717) is 49.3 Å². The van der Waals surface area contributed by atoms with E-state index in [9.17, 15) is 14.7 Å². The van der Waals surface area contributed by atoms with Crippen LogP contribution in [0.4, 0.5) is 0 Å². The van der Waals surface area contributed by atoms with Crippen LogP contribution in [0.5, 0.6) is 11.5 Å². The SMILES string of the molecule is COCCOc1ccc2c(c1)CN(C(=O)c1cc3c(C(=O)CC(C)C)n[nH]c3cc1O)C2. The Bertz CT molecular complexity index is 1170. The van der Waals surface area contributed by atoms with Gasteiger partial charge in [-0.3, -0.25) is 14.7 Å². The molecular weight excluding hydrogens is 410 g/mol. The van der Waals surface area contributed by atoms with Crippen LogP contribution in [0, 0.1) is 5.92 Å². The number of amides is 1. The molecule has 8 nitrogen and oxygen atoms in total. The number of hydrogen-bond acceptors (Lipinski definition) is 6. The number of aromatic hydroxyl groups is 1. The Morgan fingerprint density at radius 2 is 1.94 bits per heavy atom. The summed E-state index contributed by atoms with van der Waals surface area (Å²) < 4.78 is 10.7. The van der Waals surface area contributed by atoms with Crippen LogP contribution in [0.25, 0.3) is 10.9 Å². The molecule has 0 fully saturated rings. The summed E-state index contributed by atoms with van der Waals surface area (Å²) in [6.45, 7) is 5.74. The standard InChI is InChI=1S/C24H27N3O5/c1-14(2)8-22(29)23-18-10-19(21(28)11-20(18)25-26-23)24(30)27-12-15-4-5-17(9-16(15)13-27)32-7-6-31-3/h4-5,9-11,14,28H,6-8,12-13H2,1-3H3,(H,25,26). The molecule has 0 spiro atoms. The monoisotopic (exact) mass is 437 g/mol. The average molecular weight is 437 g/mol. The maximum Gasteiger partial charge on any atom is 0.258 e. The number of nitrogens with one attached hydrogen (secondary N) is 1. The largest absolute Gasteiger partial charge is 0.507 e. The second-order valence-corrected chi connectivity index (χ2v) is 8.44. The normalized spacial score (nSPS) is 13.1. The molecular formula is C24H27N3O5. The van der Waals surface area contributed by atoms with E-state index in [-0.39, 0.29) is 28.9 Å². The molecule has 1 amide bonds. The topological polar surface area (TPSA) is 105 Å². The van der Waals surface area contributed by atoms with Crippen molar-refractivity contribution < 1.29 is 24.2 Å². The molecule has 2 heterocycles. The molecule has 2 aromatic carbocycles. The maximum atomic E-state index is 13.3. The molecule has 0 unspecified atom stereocenters. The summed E-state index contributed by atoms with van der Waals surface area (Å²) in [4.78, 5) is 27.5. The van der Waals surface area contributed by atoms with Crippen molar-refractivity contribution in [3.8, 4) is 11.5 Å². The highest BCUT2D eigenvalue weighted by atomic mass is 16.5. The fourth-order valence-corrected chi connectivity index (χ4v) is 3.92. The summed E-state index contributed by atoms with van der Waals surface area (Å²) in [6.07, 6.45) is 0.361. The van der Waals surface area contributed by atoms with Crippen LogP contribution in [0.3, 0.4) is 0 Å². The summed E-state index contributed by atoms with van der Waals surface area (Å²) in [5, 5.41) is 18.0.